The number of thioether (sulfide) groups is 1. The Labute approximate surface area is 91.7 Å². The quantitative estimate of drug-likeness (QED) is 0.768. The highest BCUT2D eigenvalue weighted by molar-refractivity contribution is 7.99. The molecular weight excluding hydrogens is 215 g/mol. The normalized spacial score (nSPS) is 28.0. The van der Waals surface area contributed by atoms with Crippen molar-refractivity contribution >= 4 is 36.6 Å². The summed E-state index contributed by atoms with van der Waals surface area (Å²) in [5.41, 5.74) is 0. The van der Waals surface area contributed by atoms with Gasteiger partial charge in [0.25, 0.3) is 0 Å². The third-order valence-corrected chi connectivity index (χ3v) is 3.18. The molecule has 2 nitrogen and oxygen atoms in total. The third-order valence-electron chi connectivity index (χ3n) is 2.09. The summed E-state index contributed by atoms with van der Waals surface area (Å²) < 4.78 is 0. The zero-order valence-corrected chi connectivity index (χ0v) is 10.2. The number of hydrogen-bond donors (Lipinski definition) is 1. The fourth-order valence-corrected chi connectivity index (χ4v) is 2.33. The summed E-state index contributed by atoms with van der Waals surface area (Å²) in [5.74, 6) is 0. The van der Waals surface area contributed by atoms with Gasteiger partial charge in [0, 0.05) is 24.4 Å². The molecule has 5 heteroatoms. The second-order valence-electron chi connectivity index (χ2n) is 2.96. The first-order valence-corrected chi connectivity index (χ1v) is 4.94. The minimum absolute atomic E-state index is 0. The highest BCUT2D eigenvalue weighted by Crippen LogP contribution is 2.17. The van der Waals surface area contributed by atoms with Crippen LogP contribution >= 0.6 is 36.6 Å². The SMILES string of the molecule is CSC1CNCC1N(C)C.Cl.Cl. The molecule has 1 fully saturated rings. The maximum atomic E-state index is 3.39. The molecule has 2 unspecified atom stereocenters. The van der Waals surface area contributed by atoms with E-state index in [2.05, 4.69) is 30.6 Å². The standard InChI is InChI=1S/C7H16N2S.2ClH/c1-9(2)6-4-8-5-7(6)10-3;;/h6-8H,4-5H2,1-3H3;2*1H. The Morgan fingerprint density at radius 3 is 2.17 bits per heavy atom. The fourth-order valence-electron chi connectivity index (χ4n) is 1.40. The molecule has 1 aliphatic heterocycles. The van der Waals surface area contributed by atoms with Crippen LogP contribution in [0.3, 0.4) is 0 Å². The van der Waals surface area contributed by atoms with E-state index >= 15 is 0 Å². The summed E-state index contributed by atoms with van der Waals surface area (Å²) in [6, 6.07) is 0.731. The molecule has 1 heterocycles. The first kappa shape index (κ1) is 15.3. The molecule has 0 amide bonds. The van der Waals surface area contributed by atoms with Gasteiger partial charge in [0.2, 0.25) is 0 Å². The largest absolute Gasteiger partial charge is 0.314 e. The van der Waals surface area contributed by atoms with Crippen molar-refractivity contribution in [3.63, 3.8) is 0 Å². The molecule has 1 N–H and O–H groups in total. The minimum atomic E-state index is 0. The lowest BCUT2D eigenvalue weighted by atomic mass is 10.2. The molecule has 0 aromatic heterocycles. The molecule has 0 spiro atoms. The van der Waals surface area contributed by atoms with Crippen molar-refractivity contribution in [1.82, 2.24) is 10.2 Å². The number of nitrogens with zero attached hydrogens (tertiary/aromatic N) is 1. The van der Waals surface area contributed by atoms with Crippen LogP contribution in [0, 0.1) is 0 Å². The zero-order chi connectivity index (χ0) is 7.56. The Kier molecular flexibility index (Phi) is 9.29. The van der Waals surface area contributed by atoms with Crippen molar-refractivity contribution in [3.05, 3.63) is 0 Å². The highest BCUT2D eigenvalue weighted by Gasteiger charge is 2.27. The van der Waals surface area contributed by atoms with Gasteiger partial charge in [0.05, 0.1) is 0 Å². The van der Waals surface area contributed by atoms with Crippen molar-refractivity contribution in [2.24, 2.45) is 0 Å². The van der Waals surface area contributed by atoms with Gasteiger partial charge >= 0.3 is 0 Å². The first-order chi connectivity index (χ1) is 4.75. The number of halogens is 2. The van der Waals surface area contributed by atoms with Crippen molar-refractivity contribution in [1.29, 1.82) is 0 Å². The van der Waals surface area contributed by atoms with E-state index in [0.29, 0.717) is 0 Å². The van der Waals surface area contributed by atoms with E-state index in [4.69, 9.17) is 0 Å². The number of likely N-dealkylation sites (N-methyl/N-ethyl adjacent to an activating group) is 1. The second kappa shape index (κ2) is 7.27. The van der Waals surface area contributed by atoms with Crippen LogP contribution in [0.25, 0.3) is 0 Å². The molecule has 2 atom stereocenters. The lowest BCUT2D eigenvalue weighted by molar-refractivity contribution is 0.318. The summed E-state index contributed by atoms with van der Waals surface area (Å²) >= 11 is 1.96. The average molecular weight is 233 g/mol. The van der Waals surface area contributed by atoms with Crippen LogP contribution < -0.4 is 5.32 Å². The van der Waals surface area contributed by atoms with Gasteiger partial charge in [-0.2, -0.15) is 11.8 Å². The van der Waals surface area contributed by atoms with Crippen molar-refractivity contribution < 1.29 is 0 Å². The smallest absolute Gasteiger partial charge is 0.0345 e. The van der Waals surface area contributed by atoms with E-state index in [1.165, 1.54) is 6.54 Å². The Hall–Kier alpha value is 0.850. The lowest BCUT2D eigenvalue weighted by Crippen LogP contribution is -2.36. The Morgan fingerprint density at radius 1 is 1.25 bits per heavy atom. The van der Waals surface area contributed by atoms with Gasteiger partial charge in [-0.1, -0.05) is 0 Å². The first-order valence-electron chi connectivity index (χ1n) is 3.65. The molecule has 12 heavy (non-hydrogen) atoms. The predicted molar refractivity (Wildman–Crippen MR) is 62.1 cm³/mol. The second-order valence-corrected chi connectivity index (χ2v) is 4.04. The van der Waals surface area contributed by atoms with Gasteiger partial charge in [0.1, 0.15) is 0 Å². The molecule has 0 saturated carbocycles. The van der Waals surface area contributed by atoms with Crippen LogP contribution in [-0.2, 0) is 0 Å². The van der Waals surface area contributed by atoms with Gasteiger partial charge in [-0.15, -0.1) is 24.8 Å². The molecule has 76 valence electrons. The monoisotopic (exact) mass is 232 g/mol. The van der Waals surface area contributed by atoms with E-state index in [9.17, 15) is 0 Å². The molecule has 0 aliphatic carbocycles. The van der Waals surface area contributed by atoms with Crippen LogP contribution in [0.4, 0.5) is 0 Å². The predicted octanol–water partition coefficient (Wildman–Crippen LogP) is 1.09. The van der Waals surface area contributed by atoms with Crippen molar-refractivity contribution in [2.45, 2.75) is 11.3 Å². The van der Waals surface area contributed by atoms with Gasteiger partial charge < -0.3 is 10.2 Å². The maximum absolute atomic E-state index is 3.39. The number of rotatable bonds is 2. The Bertz CT molecular complexity index is 114. The van der Waals surface area contributed by atoms with Gasteiger partial charge in [-0.3, -0.25) is 0 Å². The summed E-state index contributed by atoms with van der Waals surface area (Å²) in [6.45, 7) is 2.32. The van der Waals surface area contributed by atoms with Crippen molar-refractivity contribution in [3.8, 4) is 0 Å². The number of nitrogens with one attached hydrogen (secondary N) is 1. The summed E-state index contributed by atoms with van der Waals surface area (Å²) in [4.78, 5) is 2.31. The van der Waals surface area contributed by atoms with Gasteiger partial charge in [0.15, 0.2) is 0 Å². The molecule has 0 radical (unpaired) electrons. The molecule has 1 aliphatic rings. The van der Waals surface area contributed by atoms with Crippen LogP contribution in [0.1, 0.15) is 0 Å². The number of hydrogen-bond acceptors (Lipinski definition) is 3. The van der Waals surface area contributed by atoms with Gasteiger partial charge in [-0.25, -0.2) is 0 Å². The molecular formula is C7H18Cl2N2S. The topological polar surface area (TPSA) is 15.3 Å². The van der Waals surface area contributed by atoms with Crippen molar-refractivity contribution in [2.75, 3.05) is 33.4 Å². The maximum Gasteiger partial charge on any atom is 0.0345 e. The zero-order valence-electron chi connectivity index (χ0n) is 7.74. The highest BCUT2D eigenvalue weighted by atomic mass is 35.5. The molecule has 0 aromatic carbocycles. The molecule has 1 saturated heterocycles. The van der Waals surface area contributed by atoms with Crippen LogP contribution in [0.5, 0.6) is 0 Å². The van der Waals surface area contributed by atoms with E-state index < -0.39 is 0 Å². The summed E-state index contributed by atoms with van der Waals surface area (Å²) in [5, 5.41) is 4.18. The van der Waals surface area contributed by atoms with Crippen LogP contribution in [0.2, 0.25) is 0 Å². The summed E-state index contributed by atoms with van der Waals surface area (Å²) in [7, 11) is 4.31. The minimum Gasteiger partial charge on any atom is -0.314 e. The van der Waals surface area contributed by atoms with E-state index in [1.807, 2.05) is 11.8 Å². The Balaban J connectivity index is 0. The third kappa shape index (κ3) is 3.71. The lowest BCUT2D eigenvalue weighted by Gasteiger charge is -2.23. The van der Waals surface area contributed by atoms with Gasteiger partial charge in [-0.05, 0) is 20.4 Å². The Morgan fingerprint density at radius 2 is 1.83 bits per heavy atom. The average Bonchev–Trinajstić information content (AvgIpc) is 2.33. The van der Waals surface area contributed by atoms with E-state index in [0.717, 1.165) is 17.8 Å². The van der Waals surface area contributed by atoms with Crippen LogP contribution in [0.15, 0.2) is 0 Å². The van der Waals surface area contributed by atoms with E-state index in [1.54, 1.807) is 0 Å². The fraction of sp³-hybridized carbons (Fsp3) is 1.00. The molecule has 0 aromatic rings. The molecule has 1 rings (SSSR count). The van der Waals surface area contributed by atoms with E-state index in [-0.39, 0.29) is 24.8 Å². The molecule has 0 bridgehead atoms. The summed E-state index contributed by atoms with van der Waals surface area (Å²) in [6.07, 6.45) is 2.19. The van der Waals surface area contributed by atoms with Crippen LogP contribution in [-0.4, -0.2) is 49.6 Å².